The fraction of sp³-hybridized carbons (Fsp3) is 0.423. The number of carbonyl (C=O) groups is 1. The Balaban J connectivity index is 1.66. The molecule has 1 aromatic carbocycles. The molecule has 0 spiro atoms. The minimum Gasteiger partial charge on any atom is -0.331 e. The zero-order valence-corrected chi connectivity index (χ0v) is 20.3. The second-order valence-electron chi connectivity index (χ2n) is 9.29. The van der Waals surface area contributed by atoms with Crippen LogP contribution in [0.1, 0.15) is 54.3 Å². The van der Waals surface area contributed by atoms with Gasteiger partial charge in [0.15, 0.2) is 0 Å². The van der Waals surface area contributed by atoms with Gasteiger partial charge >= 0.3 is 6.03 Å². The number of carbonyl (C=O) groups excluding carboxylic acids is 1. The van der Waals surface area contributed by atoms with Gasteiger partial charge in [0.1, 0.15) is 5.00 Å². The lowest BCUT2D eigenvalue weighted by molar-refractivity contribution is 0.247. The molecule has 3 heterocycles. The molecule has 0 radical (unpaired) electrons. The predicted octanol–water partition coefficient (Wildman–Crippen LogP) is 6.13. The summed E-state index contributed by atoms with van der Waals surface area (Å²) in [6, 6.07) is 11.9. The number of nitrogens with zero attached hydrogens (tertiary/aromatic N) is 2. The molecule has 0 bridgehead atoms. The SMILES string of the molecule is Cc1ccc(NC(=O)N[C@@H](CCC(C)C)c2c(-n3cccc3)sc3c2CCN(C)C3)cc1. The number of benzene rings is 1. The summed E-state index contributed by atoms with van der Waals surface area (Å²) in [5.74, 6) is 0.579. The number of hydrogen-bond donors (Lipinski definition) is 2. The van der Waals surface area contributed by atoms with Crippen molar-refractivity contribution >= 4 is 23.1 Å². The van der Waals surface area contributed by atoms with Crippen LogP contribution in [0, 0.1) is 12.8 Å². The van der Waals surface area contributed by atoms with Crippen LogP contribution in [0.25, 0.3) is 5.00 Å². The molecule has 2 aromatic heterocycles. The molecule has 0 unspecified atom stereocenters. The van der Waals surface area contributed by atoms with Crippen LogP contribution in [-0.2, 0) is 13.0 Å². The van der Waals surface area contributed by atoms with Gasteiger partial charge < -0.3 is 20.1 Å². The van der Waals surface area contributed by atoms with Crippen LogP contribution in [0.4, 0.5) is 10.5 Å². The van der Waals surface area contributed by atoms with Gasteiger partial charge in [-0.2, -0.15) is 0 Å². The summed E-state index contributed by atoms with van der Waals surface area (Å²) in [5, 5.41) is 7.60. The number of urea groups is 1. The molecule has 2 amide bonds. The van der Waals surface area contributed by atoms with E-state index in [4.69, 9.17) is 0 Å². The fourth-order valence-electron chi connectivity index (χ4n) is 4.31. The second kappa shape index (κ2) is 9.92. The standard InChI is InChI=1S/C26H34N4OS/c1-18(2)7-12-22(28-26(31)27-20-10-8-19(3)9-11-20)24-21-13-16-29(4)17-23(21)32-25(24)30-14-5-6-15-30/h5-6,8-11,14-15,18,22H,7,12-13,16-17H2,1-4H3,(H2,27,28,31)/t22-/m0/s1. The highest BCUT2D eigenvalue weighted by Gasteiger charge is 2.29. The highest BCUT2D eigenvalue weighted by Crippen LogP contribution is 2.40. The minimum absolute atomic E-state index is 0.0244. The third-order valence-corrected chi connectivity index (χ3v) is 7.35. The van der Waals surface area contributed by atoms with Gasteiger partial charge in [0.2, 0.25) is 0 Å². The third-order valence-electron chi connectivity index (χ3n) is 6.10. The first-order chi connectivity index (χ1) is 15.4. The Morgan fingerprint density at radius 2 is 1.84 bits per heavy atom. The van der Waals surface area contributed by atoms with Crippen LogP contribution in [0.15, 0.2) is 48.8 Å². The predicted molar refractivity (Wildman–Crippen MR) is 134 cm³/mol. The summed E-state index contributed by atoms with van der Waals surface area (Å²) in [6.45, 7) is 8.56. The number of aromatic nitrogens is 1. The zero-order valence-electron chi connectivity index (χ0n) is 19.5. The first-order valence-electron chi connectivity index (χ1n) is 11.5. The molecule has 4 rings (SSSR count). The minimum atomic E-state index is -0.144. The van der Waals surface area contributed by atoms with Crippen molar-refractivity contribution in [1.82, 2.24) is 14.8 Å². The highest BCUT2D eigenvalue weighted by molar-refractivity contribution is 7.15. The molecule has 2 N–H and O–H groups in total. The van der Waals surface area contributed by atoms with Crippen LogP contribution >= 0.6 is 11.3 Å². The van der Waals surface area contributed by atoms with Gasteiger partial charge in [0, 0.05) is 41.6 Å². The summed E-state index contributed by atoms with van der Waals surface area (Å²) in [7, 11) is 2.18. The lowest BCUT2D eigenvalue weighted by Gasteiger charge is -2.26. The van der Waals surface area contributed by atoms with Crippen molar-refractivity contribution in [2.45, 2.75) is 52.6 Å². The molecule has 1 atom stereocenters. The van der Waals surface area contributed by atoms with Crippen molar-refractivity contribution in [2.24, 2.45) is 5.92 Å². The van der Waals surface area contributed by atoms with Gasteiger partial charge in [-0.05, 0) is 69.0 Å². The summed E-state index contributed by atoms with van der Waals surface area (Å²) in [4.78, 5) is 16.8. The zero-order chi connectivity index (χ0) is 22.7. The Labute approximate surface area is 195 Å². The van der Waals surface area contributed by atoms with Gasteiger partial charge in [-0.3, -0.25) is 0 Å². The summed E-state index contributed by atoms with van der Waals surface area (Å²) in [5.41, 5.74) is 4.72. The molecule has 1 aliphatic rings. The number of hydrogen-bond acceptors (Lipinski definition) is 3. The van der Waals surface area contributed by atoms with Gasteiger partial charge in [-0.1, -0.05) is 31.5 Å². The Morgan fingerprint density at radius 1 is 1.12 bits per heavy atom. The molecule has 32 heavy (non-hydrogen) atoms. The average Bonchev–Trinajstić information content (AvgIpc) is 3.40. The Bertz CT molecular complexity index is 1040. The average molecular weight is 451 g/mol. The summed E-state index contributed by atoms with van der Waals surface area (Å²) < 4.78 is 2.21. The molecule has 1 aliphatic heterocycles. The molecular formula is C26H34N4OS. The van der Waals surface area contributed by atoms with E-state index in [9.17, 15) is 4.79 Å². The molecule has 5 nitrogen and oxygen atoms in total. The Kier molecular flexibility index (Phi) is 7.01. The smallest absolute Gasteiger partial charge is 0.319 e. The van der Waals surface area contributed by atoms with Crippen LogP contribution in [0.5, 0.6) is 0 Å². The van der Waals surface area contributed by atoms with E-state index in [1.807, 2.05) is 42.5 Å². The van der Waals surface area contributed by atoms with E-state index in [0.29, 0.717) is 5.92 Å². The number of likely N-dealkylation sites (N-methyl/N-ethyl adjacent to an activating group) is 1. The van der Waals surface area contributed by atoms with E-state index < -0.39 is 0 Å². The Hall–Kier alpha value is -2.57. The van der Waals surface area contributed by atoms with Crippen LogP contribution < -0.4 is 10.6 Å². The maximum Gasteiger partial charge on any atom is 0.319 e. The van der Waals surface area contributed by atoms with E-state index in [0.717, 1.165) is 38.0 Å². The van der Waals surface area contributed by atoms with Crippen molar-refractivity contribution < 1.29 is 4.79 Å². The number of nitrogens with one attached hydrogen (secondary N) is 2. The molecule has 170 valence electrons. The summed E-state index contributed by atoms with van der Waals surface area (Å²) in [6.07, 6.45) is 7.22. The van der Waals surface area contributed by atoms with Crippen molar-refractivity contribution in [3.63, 3.8) is 0 Å². The maximum atomic E-state index is 13.0. The van der Waals surface area contributed by atoms with Crippen molar-refractivity contribution in [3.8, 4) is 5.00 Å². The van der Waals surface area contributed by atoms with E-state index in [2.05, 4.69) is 65.5 Å². The lowest BCUT2D eigenvalue weighted by atomic mass is 9.92. The van der Waals surface area contributed by atoms with Crippen molar-refractivity contribution in [3.05, 3.63) is 70.4 Å². The largest absolute Gasteiger partial charge is 0.331 e. The van der Waals surface area contributed by atoms with E-state index in [1.54, 1.807) is 0 Å². The number of fused-ring (bicyclic) bond motifs is 1. The fourth-order valence-corrected chi connectivity index (χ4v) is 5.77. The number of aryl methyl sites for hydroxylation is 1. The molecule has 6 heteroatoms. The van der Waals surface area contributed by atoms with Crippen molar-refractivity contribution in [2.75, 3.05) is 18.9 Å². The van der Waals surface area contributed by atoms with Crippen molar-refractivity contribution in [1.29, 1.82) is 0 Å². The second-order valence-corrected chi connectivity index (χ2v) is 10.4. The summed E-state index contributed by atoms with van der Waals surface area (Å²) >= 11 is 1.87. The lowest BCUT2D eigenvalue weighted by Crippen LogP contribution is -2.34. The van der Waals surface area contributed by atoms with E-state index >= 15 is 0 Å². The number of amides is 2. The van der Waals surface area contributed by atoms with Gasteiger partial charge in [0.25, 0.3) is 0 Å². The van der Waals surface area contributed by atoms with E-state index in [-0.39, 0.29) is 12.1 Å². The molecule has 3 aromatic rings. The molecule has 0 fully saturated rings. The third kappa shape index (κ3) is 5.25. The van der Waals surface area contributed by atoms with Gasteiger partial charge in [-0.15, -0.1) is 11.3 Å². The maximum absolute atomic E-state index is 13.0. The first-order valence-corrected chi connectivity index (χ1v) is 12.3. The molecule has 0 saturated carbocycles. The van der Waals surface area contributed by atoms with Crippen LogP contribution in [0.2, 0.25) is 0 Å². The van der Waals surface area contributed by atoms with Gasteiger partial charge in [0.05, 0.1) is 6.04 Å². The Morgan fingerprint density at radius 3 is 2.53 bits per heavy atom. The normalized spacial score (nSPS) is 14.9. The first kappa shape index (κ1) is 22.6. The number of anilines is 1. The topological polar surface area (TPSA) is 49.3 Å². The quantitative estimate of drug-likeness (QED) is 0.455. The van der Waals surface area contributed by atoms with Gasteiger partial charge in [-0.25, -0.2) is 4.79 Å². The van der Waals surface area contributed by atoms with E-state index in [1.165, 1.54) is 26.6 Å². The van der Waals surface area contributed by atoms with Crippen LogP contribution in [-0.4, -0.2) is 29.1 Å². The van der Waals surface area contributed by atoms with Crippen LogP contribution in [0.3, 0.4) is 0 Å². The number of rotatable bonds is 7. The molecule has 0 saturated heterocycles. The highest BCUT2D eigenvalue weighted by atomic mass is 32.1. The number of thiophene rings is 1. The molecular weight excluding hydrogens is 416 g/mol. The molecule has 0 aliphatic carbocycles. The monoisotopic (exact) mass is 450 g/mol.